The molecule has 1 atom stereocenters. The number of likely N-dealkylation sites (N-methyl/N-ethyl adjacent to an activating group) is 1. The predicted molar refractivity (Wildman–Crippen MR) is 144 cm³/mol. The molecule has 1 saturated heterocycles. The summed E-state index contributed by atoms with van der Waals surface area (Å²) in [5.41, 5.74) is 0. The van der Waals surface area contributed by atoms with Crippen molar-refractivity contribution in [2.75, 3.05) is 60.2 Å². The summed E-state index contributed by atoms with van der Waals surface area (Å²) in [7, 11) is -0.0875. The zero-order valence-electron chi connectivity index (χ0n) is 23.2. The summed E-state index contributed by atoms with van der Waals surface area (Å²) in [5.74, 6) is 0. The van der Waals surface area contributed by atoms with Crippen molar-refractivity contribution < 1.29 is 32.5 Å². The van der Waals surface area contributed by atoms with Crippen LogP contribution in [0.5, 0.6) is 0 Å². The number of methoxy groups -OCH3 is 1. The quantitative estimate of drug-likeness (QED) is 0.0847. The Morgan fingerprint density at radius 3 is 1.80 bits per heavy atom. The average Bonchev–Trinajstić information content (AvgIpc) is 2.83. The zero-order valence-corrected chi connectivity index (χ0v) is 24.1. The molecule has 7 nitrogen and oxygen atoms in total. The zero-order chi connectivity index (χ0) is 25.7. The first-order valence-electron chi connectivity index (χ1n) is 14.5. The molecular weight excluding hydrogens is 465 g/mol. The standard InChI is InChI=1S/C27H56NO6P/c1-4-5-6-7-8-9-10-11-12-13-14-15-16-17-23-33-35(29,30)34-27-18-20-28(2,21-19-27)22-24-32-26-25-31-3/h27H,4-26H2,1-3H3/p+1. The summed E-state index contributed by atoms with van der Waals surface area (Å²) in [6, 6.07) is 0. The second kappa shape index (κ2) is 21.0. The Morgan fingerprint density at radius 2 is 1.29 bits per heavy atom. The molecule has 1 fully saturated rings. The van der Waals surface area contributed by atoms with Gasteiger partial charge in [-0.3, -0.25) is 9.05 Å². The van der Waals surface area contributed by atoms with Crippen LogP contribution in [-0.2, 0) is 23.1 Å². The van der Waals surface area contributed by atoms with E-state index < -0.39 is 7.82 Å². The molecule has 0 spiro atoms. The number of unbranched alkanes of at least 4 members (excludes halogenated alkanes) is 13. The summed E-state index contributed by atoms with van der Waals surface area (Å²) >= 11 is 0. The fraction of sp³-hybridized carbons (Fsp3) is 1.00. The molecule has 1 aliphatic heterocycles. The lowest BCUT2D eigenvalue weighted by Crippen LogP contribution is -2.52. The minimum Gasteiger partial charge on any atom is -0.382 e. The van der Waals surface area contributed by atoms with Crippen molar-refractivity contribution in [3.63, 3.8) is 0 Å². The van der Waals surface area contributed by atoms with Gasteiger partial charge >= 0.3 is 7.82 Å². The van der Waals surface area contributed by atoms with Crippen molar-refractivity contribution in [3.05, 3.63) is 0 Å². The second-order valence-corrected chi connectivity index (χ2v) is 12.0. The maximum Gasteiger partial charge on any atom is 0.472 e. The molecule has 8 heteroatoms. The number of phosphoric ester groups is 1. The third kappa shape index (κ3) is 18.8. The van der Waals surface area contributed by atoms with Gasteiger partial charge in [-0.15, -0.1) is 0 Å². The van der Waals surface area contributed by atoms with Gasteiger partial charge in [-0.05, 0) is 6.42 Å². The molecule has 1 aliphatic rings. The van der Waals surface area contributed by atoms with Crippen LogP contribution in [-0.4, -0.2) is 75.7 Å². The van der Waals surface area contributed by atoms with Gasteiger partial charge in [-0.1, -0.05) is 90.4 Å². The topological polar surface area (TPSA) is 74.2 Å². The summed E-state index contributed by atoms with van der Waals surface area (Å²) < 4.78 is 34.5. The largest absolute Gasteiger partial charge is 0.472 e. The van der Waals surface area contributed by atoms with Crippen LogP contribution in [0.2, 0.25) is 0 Å². The van der Waals surface area contributed by atoms with Gasteiger partial charge in [0.2, 0.25) is 0 Å². The minimum absolute atomic E-state index is 0.206. The number of quaternary nitrogens is 1. The number of hydrogen-bond acceptors (Lipinski definition) is 5. The Hall–Kier alpha value is -0.0100. The molecule has 1 rings (SSSR count). The summed E-state index contributed by atoms with van der Waals surface area (Å²) in [6.07, 6.45) is 19.3. The summed E-state index contributed by atoms with van der Waals surface area (Å²) in [6.45, 7) is 7.26. The van der Waals surface area contributed by atoms with E-state index in [1.807, 2.05) is 0 Å². The lowest BCUT2D eigenvalue weighted by molar-refractivity contribution is -0.915. The van der Waals surface area contributed by atoms with Gasteiger partial charge in [0.1, 0.15) is 6.54 Å². The molecule has 0 saturated carbocycles. The molecule has 0 aromatic rings. The first-order valence-corrected chi connectivity index (χ1v) is 16.0. The Morgan fingerprint density at radius 1 is 0.771 bits per heavy atom. The predicted octanol–water partition coefficient (Wildman–Crippen LogP) is 6.87. The number of hydrogen-bond donors (Lipinski definition) is 1. The fourth-order valence-electron chi connectivity index (χ4n) is 4.72. The molecule has 35 heavy (non-hydrogen) atoms. The van der Waals surface area contributed by atoms with Crippen molar-refractivity contribution >= 4 is 7.82 Å². The van der Waals surface area contributed by atoms with Gasteiger partial charge in [0.25, 0.3) is 0 Å². The molecule has 1 heterocycles. The monoisotopic (exact) mass is 522 g/mol. The number of rotatable bonds is 24. The van der Waals surface area contributed by atoms with E-state index in [1.54, 1.807) is 7.11 Å². The number of piperidine rings is 1. The van der Waals surface area contributed by atoms with E-state index in [9.17, 15) is 9.46 Å². The number of nitrogens with zero attached hydrogens (tertiary/aromatic N) is 1. The lowest BCUT2D eigenvalue weighted by Gasteiger charge is -2.40. The van der Waals surface area contributed by atoms with E-state index >= 15 is 0 Å². The average molecular weight is 523 g/mol. The van der Waals surface area contributed by atoms with E-state index in [2.05, 4.69) is 14.0 Å². The van der Waals surface area contributed by atoms with Crippen molar-refractivity contribution in [2.24, 2.45) is 0 Å². The van der Waals surface area contributed by atoms with Crippen LogP contribution in [0.4, 0.5) is 0 Å². The maximum absolute atomic E-state index is 12.3. The van der Waals surface area contributed by atoms with Crippen LogP contribution >= 0.6 is 7.82 Å². The molecule has 0 radical (unpaired) electrons. The first-order chi connectivity index (χ1) is 16.9. The van der Waals surface area contributed by atoms with Crippen LogP contribution in [0.25, 0.3) is 0 Å². The summed E-state index contributed by atoms with van der Waals surface area (Å²) in [5, 5.41) is 0. The molecule has 0 amide bonds. The van der Waals surface area contributed by atoms with E-state index in [0.717, 1.165) is 49.8 Å². The third-order valence-corrected chi connectivity index (χ3v) is 8.30. The van der Waals surface area contributed by atoms with E-state index in [4.69, 9.17) is 18.5 Å². The van der Waals surface area contributed by atoms with Crippen LogP contribution < -0.4 is 0 Å². The Labute approximate surface area is 216 Å². The van der Waals surface area contributed by atoms with E-state index in [1.165, 1.54) is 77.0 Å². The highest BCUT2D eigenvalue weighted by molar-refractivity contribution is 7.47. The van der Waals surface area contributed by atoms with Crippen LogP contribution in [0.1, 0.15) is 110 Å². The van der Waals surface area contributed by atoms with Gasteiger partial charge in [0.05, 0.1) is 52.7 Å². The molecule has 1 N–H and O–H groups in total. The van der Waals surface area contributed by atoms with Gasteiger partial charge in [-0.2, -0.15) is 0 Å². The number of likely N-dealkylation sites (tertiary alicyclic amines) is 1. The Kier molecular flexibility index (Phi) is 19.8. The van der Waals surface area contributed by atoms with Crippen molar-refractivity contribution in [3.8, 4) is 0 Å². The lowest BCUT2D eigenvalue weighted by atomic mass is 10.0. The number of phosphoric acid groups is 1. The smallest absolute Gasteiger partial charge is 0.382 e. The SMILES string of the molecule is CCCCCCCCCCCCCCCCOP(=O)(O)OC1CC[N+](C)(CCOCCOC)CC1. The molecule has 210 valence electrons. The Bertz CT molecular complexity index is 528. The fourth-order valence-corrected chi connectivity index (χ4v) is 5.73. The highest BCUT2D eigenvalue weighted by Gasteiger charge is 2.34. The third-order valence-electron chi connectivity index (χ3n) is 7.22. The molecule has 0 bridgehead atoms. The maximum atomic E-state index is 12.3. The Balaban J connectivity index is 1.96. The summed E-state index contributed by atoms with van der Waals surface area (Å²) in [4.78, 5) is 10.1. The van der Waals surface area contributed by atoms with Gasteiger partial charge in [0, 0.05) is 20.0 Å². The number of ether oxygens (including phenoxy) is 2. The van der Waals surface area contributed by atoms with E-state index in [-0.39, 0.29) is 6.10 Å². The second-order valence-electron chi connectivity index (χ2n) is 10.6. The van der Waals surface area contributed by atoms with Crippen LogP contribution in [0, 0.1) is 0 Å². The van der Waals surface area contributed by atoms with Gasteiger partial charge in [0.15, 0.2) is 0 Å². The molecule has 0 aromatic heterocycles. The van der Waals surface area contributed by atoms with Crippen LogP contribution in [0.3, 0.4) is 0 Å². The first kappa shape index (κ1) is 33.0. The molecule has 0 aliphatic carbocycles. The van der Waals surface area contributed by atoms with Crippen molar-refractivity contribution in [1.82, 2.24) is 0 Å². The van der Waals surface area contributed by atoms with Crippen molar-refractivity contribution in [2.45, 2.75) is 116 Å². The van der Waals surface area contributed by atoms with Gasteiger partial charge < -0.3 is 18.9 Å². The highest BCUT2D eigenvalue weighted by Crippen LogP contribution is 2.46. The minimum atomic E-state index is -3.97. The van der Waals surface area contributed by atoms with E-state index in [0.29, 0.717) is 26.4 Å². The normalized spacial score (nSPS) is 22.3. The highest BCUT2D eigenvalue weighted by atomic mass is 31.2. The van der Waals surface area contributed by atoms with Crippen molar-refractivity contribution in [1.29, 1.82) is 0 Å². The van der Waals surface area contributed by atoms with Gasteiger partial charge in [-0.25, -0.2) is 4.57 Å². The van der Waals surface area contributed by atoms with Crippen LogP contribution in [0.15, 0.2) is 0 Å². The molecular formula is C27H57NO6P+. The molecule has 1 unspecified atom stereocenters. The molecule has 0 aromatic carbocycles.